The number of nitrogens with two attached hydrogens (primary N) is 1. The molecule has 0 spiro atoms. The van der Waals surface area contributed by atoms with E-state index < -0.39 is 0 Å². The third-order valence-electron chi connectivity index (χ3n) is 5.27. The minimum absolute atomic E-state index is 0.0553. The Labute approximate surface area is 173 Å². The van der Waals surface area contributed by atoms with Gasteiger partial charge in [0.2, 0.25) is 0 Å². The predicted octanol–water partition coefficient (Wildman–Crippen LogP) is -0.272. The van der Waals surface area contributed by atoms with Crippen LogP contribution < -0.4 is 15.5 Å². The molecule has 0 aromatic heterocycles. The van der Waals surface area contributed by atoms with Crippen molar-refractivity contribution in [1.29, 1.82) is 0 Å². The Morgan fingerprint density at radius 1 is 1.17 bits per heavy atom. The lowest BCUT2D eigenvalue weighted by atomic mass is 9.96. The molecule has 0 aliphatic carbocycles. The van der Waals surface area contributed by atoms with Gasteiger partial charge in [-0.1, -0.05) is 26.0 Å². The van der Waals surface area contributed by atoms with Gasteiger partial charge in [0.1, 0.15) is 11.9 Å². The van der Waals surface area contributed by atoms with Gasteiger partial charge in [0, 0.05) is 17.0 Å². The number of hydrogen-bond donors (Lipinski definition) is 3. The summed E-state index contributed by atoms with van der Waals surface area (Å²) in [5.41, 5.74) is 0.815. The standard InChI is InChI=1S/C22H35FN4O2/c1-16(2)21(17-6-8-18(23)9-7-17)24-14-20(29)27-12-10-26(11-13-27)15-19(28)25-22(3,4)5/h6-9,16,21,24H,10-15H2,1-5H3,(H,25,28)/p+2/t21-/m0/s1. The molecule has 1 fully saturated rings. The summed E-state index contributed by atoms with van der Waals surface area (Å²) in [6.45, 7) is 13.9. The highest BCUT2D eigenvalue weighted by Crippen LogP contribution is 2.17. The van der Waals surface area contributed by atoms with E-state index in [4.69, 9.17) is 0 Å². The third kappa shape index (κ3) is 7.74. The van der Waals surface area contributed by atoms with Gasteiger partial charge >= 0.3 is 0 Å². The van der Waals surface area contributed by atoms with E-state index in [9.17, 15) is 14.0 Å². The normalized spacial score (nSPS) is 16.7. The molecule has 1 aromatic carbocycles. The van der Waals surface area contributed by atoms with Crippen LogP contribution in [-0.2, 0) is 9.59 Å². The minimum atomic E-state index is -0.246. The number of carbonyl (C=O) groups is 2. The maximum atomic E-state index is 13.2. The Morgan fingerprint density at radius 3 is 2.28 bits per heavy atom. The Hall–Kier alpha value is -1.99. The van der Waals surface area contributed by atoms with Crippen molar-refractivity contribution in [3.05, 3.63) is 35.6 Å². The van der Waals surface area contributed by atoms with E-state index in [0.29, 0.717) is 32.1 Å². The van der Waals surface area contributed by atoms with Gasteiger partial charge in [0.15, 0.2) is 13.1 Å². The molecule has 162 valence electrons. The molecule has 0 radical (unpaired) electrons. The maximum absolute atomic E-state index is 13.2. The average molecular weight is 409 g/mol. The molecule has 2 rings (SSSR count). The Kier molecular flexibility index (Phi) is 8.16. The summed E-state index contributed by atoms with van der Waals surface area (Å²) in [5, 5.41) is 5.05. The molecule has 0 bridgehead atoms. The van der Waals surface area contributed by atoms with Crippen molar-refractivity contribution in [2.45, 2.75) is 46.2 Å². The fraction of sp³-hybridized carbons (Fsp3) is 0.636. The molecule has 1 aromatic rings. The maximum Gasteiger partial charge on any atom is 0.278 e. The topological polar surface area (TPSA) is 70.5 Å². The summed E-state index contributed by atoms with van der Waals surface area (Å²) in [5.74, 6) is 0.260. The van der Waals surface area contributed by atoms with E-state index in [1.807, 2.05) is 25.7 Å². The molecule has 4 N–H and O–H groups in total. The SMILES string of the molecule is CC(C)[C@H]([NH2+]CC(=O)N1CC[NH+](CC(=O)NC(C)(C)C)CC1)c1ccc(F)cc1. The number of nitrogens with one attached hydrogen (secondary N) is 2. The first-order valence-electron chi connectivity index (χ1n) is 10.6. The zero-order valence-corrected chi connectivity index (χ0v) is 18.4. The van der Waals surface area contributed by atoms with Gasteiger partial charge in [-0.05, 0) is 32.9 Å². The Morgan fingerprint density at radius 2 is 1.76 bits per heavy atom. The molecule has 2 amide bonds. The number of piperazine rings is 1. The summed E-state index contributed by atoms with van der Waals surface area (Å²) in [6.07, 6.45) is 0. The smallest absolute Gasteiger partial charge is 0.278 e. The molecule has 6 nitrogen and oxygen atoms in total. The highest BCUT2D eigenvalue weighted by atomic mass is 19.1. The summed E-state index contributed by atoms with van der Waals surface area (Å²) < 4.78 is 13.2. The van der Waals surface area contributed by atoms with Crippen LogP contribution in [0.1, 0.15) is 46.2 Å². The van der Waals surface area contributed by atoms with E-state index in [-0.39, 0.29) is 29.2 Å². The number of carbonyl (C=O) groups excluding carboxylic acids is 2. The highest BCUT2D eigenvalue weighted by molar-refractivity contribution is 5.78. The predicted molar refractivity (Wildman–Crippen MR) is 111 cm³/mol. The van der Waals surface area contributed by atoms with Gasteiger partial charge in [-0.2, -0.15) is 0 Å². The second kappa shape index (κ2) is 10.2. The van der Waals surface area contributed by atoms with E-state index in [0.717, 1.165) is 18.7 Å². The quantitative estimate of drug-likeness (QED) is 0.581. The van der Waals surface area contributed by atoms with Crippen molar-refractivity contribution in [3.8, 4) is 0 Å². The van der Waals surface area contributed by atoms with Crippen LogP contribution in [0.4, 0.5) is 4.39 Å². The first kappa shape index (κ1) is 23.3. The van der Waals surface area contributed by atoms with Crippen LogP contribution in [0.3, 0.4) is 0 Å². The van der Waals surface area contributed by atoms with Gasteiger partial charge < -0.3 is 20.4 Å². The summed E-state index contributed by atoms with van der Waals surface area (Å²) in [4.78, 5) is 27.9. The monoisotopic (exact) mass is 408 g/mol. The number of quaternary nitrogens is 2. The van der Waals surface area contributed by atoms with Crippen molar-refractivity contribution < 1.29 is 24.2 Å². The third-order valence-corrected chi connectivity index (χ3v) is 5.27. The summed E-state index contributed by atoms with van der Waals surface area (Å²) in [6, 6.07) is 6.65. The summed E-state index contributed by atoms with van der Waals surface area (Å²) in [7, 11) is 0. The van der Waals surface area contributed by atoms with Crippen molar-refractivity contribution in [3.63, 3.8) is 0 Å². The molecule has 1 aliphatic heterocycles. The lowest BCUT2D eigenvalue weighted by Crippen LogP contribution is -3.16. The molecule has 7 heteroatoms. The lowest BCUT2D eigenvalue weighted by Gasteiger charge is -2.32. The fourth-order valence-corrected chi connectivity index (χ4v) is 3.77. The van der Waals surface area contributed by atoms with Crippen LogP contribution in [0.5, 0.6) is 0 Å². The molecule has 0 unspecified atom stereocenters. The average Bonchev–Trinajstić information content (AvgIpc) is 2.62. The van der Waals surface area contributed by atoms with Crippen molar-refractivity contribution >= 4 is 11.8 Å². The Balaban J connectivity index is 1.80. The van der Waals surface area contributed by atoms with E-state index in [1.54, 1.807) is 12.1 Å². The van der Waals surface area contributed by atoms with Crippen molar-refractivity contribution in [1.82, 2.24) is 10.2 Å². The van der Waals surface area contributed by atoms with Crippen LogP contribution in [0.2, 0.25) is 0 Å². The lowest BCUT2D eigenvalue weighted by molar-refractivity contribution is -0.896. The number of amides is 2. The molecular formula is C22H37FN4O2+2. The van der Waals surface area contributed by atoms with Gasteiger partial charge in [0.05, 0.1) is 26.2 Å². The van der Waals surface area contributed by atoms with E-state index in [1.165, 1.54) is 17.0 Å². The minimum Gasteiger partial charge on any atom is -0.347 e. The van der Waals surface area contributed by atoms with Gasteiger partial charge in [-0.25, -0.2) is 4.39 Å². The number of halogens is 1. The number of hydrogen-bond acceptors (Lipinski definition) is 2. The zero-order chi connectivity index (χ0) is 21.6. The first-order valence-corrected chi connectivity index (χ1v) is 10.6. The molecule has 1 saturated heterocycles. The second-order valence-electron chi connectivity index (χ2n) is 9.37. The molecule has 29 heavy (non-hydrogen) atoms. The molecule has 1 aliphatic rings. The second-order valence-corrected chi connectivity index (χ2v) is 9.37. The van der Waals surface area contributed by atoms with Crippen molar-refractivity contribution in [2.75, 3.05) is 39.3 Å². The molecular weight excluding hydrogens is 371 g/mol. The molecule has 0 saturated carbocycles. The van der Waals surface area contributed by atoms with Crippen LogP contribution in [0.15, 0.2) is 24.3 Å². The number of benzene rings is 1. The van der Waals surface area contributed by atoms with Crippen LogP contribution in [0, 0.1) is 11.7 Å². The van der Waals surface area contributed by atoms with Crippen LogP contribution >= 0.6 is 0 Å². The van der Waals surface area contributed by atoms with Gasteiger partial charge in [0.25, 0.3) is 11.8 Å². The molecule has 1 atom stereocenters. The van der Waals surface area contributed by atoms with Gasteiger partial charge in [-0.15, -0.1) is 0 Å². The first-order chi connectivity index (χ1) is 13.5. The van der Waals surface area contributed by atoms with E-state index >= 15 is 0 Å². The highest BCUT2D eigenvalue weighted by Gasteiger charge is 2.28. The number of nitrogens with zero attached hydrogens (tertiary/aromatic N) is 1. The summed E-state index contributed by atoms with van der Waals surface area (Å²) >= 11 is 0. The largest absolute Gasteiger partial charge is 0.347 e. The molecule has 1 heterocycles. The van der Waals surface area contributed by atoms with Crippen molar-refractivity contribution in [2.24, 2.45) is 5.92 Å². The zero-order valence-electron chi connectivity index (χ0n) is 18.4. The van der Waals surface area contributed by atoms with Gasteiger partial charge in [-0.3, -0.25) is 9.59 Å². The Bertz CT molecular complexity index is 677. The fourth-order valence-electron chi connectivity index (χ4n) is 3.77. The van der Waals surface area contributed by atoms with E-state index in [2.05, 4.69) is 24.5 Å². The van der Waals surface area contributed by atoms with Crippen LogP contribution in [-0.4, -0.2) is 61.5 Å². The van der Waals surface area contributed by atoms with Crippen LogP contribution in [0.25, 0.3) is 0 Å². The number of rotatable bonds is 7.